The number of aromatic nitrogens is 3. The van der Waals surface area contributed by atoms with Crippen molar-refractivity contribution in [3.63, 3.8) is 0 Å². The van der Waals surface area contributed by atoms with E-state index in [1.54, 1.807) is 12.1 Å². The Bertz CT molecular complexity index is 1240. The molecule has 9 heteroatoms. The van der Waals surface area contributed by atoms with E-state index in [9.17, 15) is 9.59 Å². The van der Waals surface area contributed by atoms with E-state index in [1.165, 1.54) is 18.7 Å². The minimum absolute atomic E-state index is 0.134. The molecule has 1 unspecified atom stereocenters. The van der Waals surface area contributed by atoms with Crippen LogP contribution in [0.5, 0.6) is 5.75 Å². The number of hydrogen-bond donors (Lipinski definition) is 2. The third-order valence-electron chi connectivity index (χ3n) is 5.65. The predicted octanol–water partition coefficient (Wildman–Crippen LogP) is 6.20. The monoisotopic (exact) mass is 523 g/mol. The number of benzene rings is 2. The second-order valence-corrected chi connectivity index (χ2v) is 10.8. The van der Waals surface area contributed by atoms with Crippen molar-refractivity contribution < 1.29 is 14.3 Å². The van der Waals surface area contributed by atoms with Crippen LogP contribution in [0.3, 0.4) is 0 Å². The highest BCUT2D eigenvalue weighted by molar-refractivity contribution is 7.99. The summed E-state index contributed by atoms with van der Waals surface area (Å²) in [5, 5.41) is 15.2. The second kappa shape index (κ2) is 12.8. The largest absolute Gasteiger partial charge is 0.482 e. The number of thioether (sulfide) groups is 1. The lowest BCUT2D eigenvalue weighted by atomic mass is 10.0. The zero-order chi connectivity index (χ0) is 27.1. The Morgan fingerprint density at radius 2 is 1.76 bits per heavy atom. The van der Waals surface area contributed by atoms with Crippen molar-refractivity contribution in [2.45, 2.75) is 72.2 Å². The molecule has 3 rings (SSSR count). The van der Waals surface area contributed by atoms with Gasteiger partial charge in [-0.25, -0.2) is 0 Å². The number of aryl methyl sites for hydroxylation is 1. The van der Waals surface area contributed by atoms with Crippen molar-refractivity contribution in [2.24, 2.45) is 5.92 Å². The number of rotatable bonds is 11. The third-order valence-corrected chi connectivity index (χ3v) is 6.62. The lowest BCUT2D eigenvalue weighted by Gasteiger charge is -2.20. The number of nitrogens with zero attached hydrogens (tertiary/aromatic N) is 3. The zero-order valence-electron chi connectivity index (χ0n) is 22.7. The number of ether oxygens (including phenoxy) is 1. The Labute approximate surface area is 223 Å². The third kappa shape index (κ3) is 7.82. The van der Waals surface area contributed by atoms with Crippen molar-refractivity contribution in [3.05, 3.63) is 59.4 Å². The number of para-hydroxylation sites is 1. The second-order valence-electron chi connectivity index (χ2n) is 9.85. The fourth-order valence-electron chi connectivity index (χ4n) is 3.95. The van der Waals surface area contributed by atoms with Crippen LogP contribution >= 0.6 is 11.8 Å². The van der Waals surface area contributed by atoms with Crippen molar-refractivity contribution in [1.29, 1.82) is 0 Å². The quantitative estimate of drug-likeness (QED) is 0.291. The summed E-state index contributed by atoms with van der Waals surface area (Å²) >= 11 is 1.35. The fourth-order valence-corrected chi connectivity index (χ4v) is 4.71. The SMILES string of the molecule is CC(=O)Nc1ccc(NC(=O)CSc2nnc(C(C)Oc3ccccc3C(C)C)n2CC(C)C)cc1C. The molecule has 2 aromatic carbocycles. The van der Waals surface area contributed by atoms with Crippen LogP contribution in [0.15, 0.2) is 47.6 Å². The highest BCUT2D eigenvalue weighted by Gasteiger charge is 2.22. The van der Waals surface area contributed by atoms with Gasteiger partial charge in [-0.3, -0.25) is 9.59 Å². The first kappa shape index (κ1) is 28.2. The van der Waals surface area contributed by atoms with E-state index < -0.39 is 0 Å². The van der Waals surface area contributed by atoms with Crippen LogP contribution in [0.25, 0.3) is 0 Å². The van der Waals surface area contributed by atoms with E-state index >= 15 is 0 Å². The normalized spacial score (nSPS) is 12.0. The Morgan fingerprint density at radius 3 is 2.41 bits per heavy atom. The van der Waals surface area contributed by atoms with Crippen LogP contribution in [0.2, 0.25) is 0 Å². The number of anilines is 2. The van der Waals surface area contributed by atoms with Crippen LogP contribution in [-0.2, 0) is 16.1 Å². The molecule has 0 aliphatic heterocycles. The van der Waals surface area contributed by atoms with Crippen LogP contribution in [-0.4, -0.2) is 32.3 Å². The molecule has 2 N–H and O–H groups in total. The minimum Gasteiger partial charge on any atom is -0.482 e. The molecule has 0 bridgehead atoms. The number of carbonyl (C=O) groups is 2. The van der Waals surface area contributed by atoms with Gasteiger partial charge in [0.15, 0.2) is 17.1 Å². The van der Waals surface area contributed by atoms with E-state index in [2.05, 4.69) is 59.2 Å². The molecule has 0 saturated heterocycles. The number of hydrogen-bond acceptors (Lipinski definition) is 6. The summed E-state index contributed by atoms with van der Waals surface area (Å²) in [4.78, 5) is 24.0. The van der Waals surface area contributed by atoms with Crippen LogP contribution in [0, 0.1) is 12.8 Å². The highest BCUT2D eigenvalue weighted by atomic mass is 32.2. The molecule has 0 aliphatic rings. The van der Waals surface area contributed by atoms with Crippen LogP contribution in [0.1, 0.15) is 70.5 Å². The Kier molecular flexibility index (Phi) is 9.74. The van der Waals surface area contributed by atoms with Gasteiger partial charge >= 0.3 is 0 Å². The first-order valence-electron chi connectivity index (χ1n) is 12.5. The van der Waals surface area contributed by atoms with Crippen LogP contribution in [0.4, 0.5) is 11.4 Å². The number of amides is 2. The molecule has 0 spiro atoms. The fraction of sp³-hybridized carbons (Fsp3) is 0.429. The van der Waals surface area contributed by atoms with E-state index in [4.69, 9.17) is 4.74 Å². The molecular weight excluding hydrogens is 486 g/mol. The van der Waals surface area contributed by atoms with Gasteiger partial charge in [0, 0.05) is 24.8 Å². The maximum absolute atomic E-state index is 12.7. The summed E-state index contributed by atoms with van der Waals surface area (Å²) < 4.78 is 8.39. The Balaban J connectivity index is 1.70. The number of nitrogens with one attached hydrogen (secondary N) is 2. The Morgan fingerprint density at radius 1 is 1.03 bits per heavy atom. The van der Waals surface area contributed by atoms with Gasteiger partial charge in [-0.1, -0.05) is 57.7 Å². The molecule has 37 heavy (non-hydrogen) atoms. The molecule has 0 radical (unpaired) electrons. The van der Waals surface area contributed by atoms with E-state index in [0.29, 0.717) is 22.7 Å². The molecule has 0 saturated carbocycles. The molecule has 2 amide bonds. The summed E-state index contributed by atoms with van der Waals surface area (Å²) in [7, 11) is 0. The average Bonchev–Trinajstić information content (AvgIpc) is 3.21. The topological polar surface area (TPSA) is 98.1 Å². The lowest BCUT2D eigenvalue weighted by molar-refractivity contribution is -0.114. The highest BCUT2D eigenvalue weighted by Crippen LogP contribution is 2.31. The maximum Gasteiger partial charge on any atom is 0.234 e. The standard InChI is InChI=1S/C28H37N5O3S/c1-17(2)15-33-27(20(6)36-25-11-9-8-10-23(25)18(3)4)31-32-28(33)37-16-26(35)30-22-12-13-24(19(5)14-22)29-21(7)34/h8-14,17-18,20H,15-16H2,1-7H3,(H,29,34)(H,30,35). The molecule has 1 atom stereocenters. The summed E-state index contributed by atoms with van der Waals surface area (Å²) in [6.07, 6.45) is -0.306. The van der Waals surface area contributed by atoms with Gasteiger partial charge < -0.3 is 19.9 Å². The van der Waals surface area contributed by atoms with Crippen molar-refractivity contribution in [2.75, 3.05) is 16.4 Å². The van der Waals surface area contributed by atoms with E-state index in [0.717, 1.165) is 34.9 Å². The summed E-state index contributed by atoms with van der Waals surface area (Å²) in [6, 6.07) is 13.5. The molecule has 0 aliphatic carbocycles. The first-order valence-corrected chi connectivity index (χ1v) is 13.5. The molecule has 0 fully saturated rings. The van der Waals surface area contributed by atoms with Gasteiger partial charge in [-0.2, -0.15) is 0 Å². The molecule has 1 heterocycles. The van der Waals surface area contributed by atoms with E-state index in [1.807, 2.05) is 38.1 Å². The Hall–Kier alpha value is -3.33. The van der Waals surface area contributed by atoms with Crippen molar-refractivity contribution in [3.8, 4) is 5.75 Å². The van der Waals surface area contributed by atoms with Gasteiger partial charge in [-0.15, -0.1) is 10.2 Å². The first-order chi connectivity index (χ1) is 17.5. The average molecular weight is 524 g/mol. The maximum atomic E-state index is 12.7. The van der Waals surface area contributed by atoms with Gasteiger partial charge in [0.25, 0.3) is 0 Å². The zero-order valence-corrected chi connectivity index (χ0v) is 23.5. The summed E-state index contributed by atoms with van der Waals surface area (Å²) in [5.74, 6) is 2.19. The predicted molar refractivity (Wildman–Crippen MR) is 149 cm³/mol. The van der Waals surface area contributed by atoms with Gasteiger partial charge in [0.2, 0.25) is 11.8 Å². The minimum atomic E-state index is -0.306. The van der Waals surface area contributed by atoms with Crippen molar-refractivity contribution >= 4 is 35.0 Å². The van der Waals surface area contributed by atoms with E-state index in [-0.39, 0.29) is 23.7 Å². The lowest BCUT2D eigenvalue weighted by Crippen LogP contribution is -2.17. The molecule has 198 valence electrons. The molecule has 8 nitrogen and oxygen atoms in total. The molecule has 1 aromatic heterocycles. The number of carbonyl (C=O) groups excluding carboxylic acids is 2. The van der Waals surface area contributed by atoms with Gasteiger partial charge in [-0.05, 0) is 61.1 Å². The van der Waals surface area contributed by atoms with Crippen molar-refractivity contribution in [1.82, 2.24) is 14.8 Å². The van der Waals surface area contributed by atoms with Gasteiger partial charge in [0.05, 0.1) is 5.75 Å². The van der Waals surface area contributed by atoms with Crippen LogP contribution < -0.4 is 15.4 Å². The molecular formula is C28H37N5O3S. The van der Waals surface area contributed by atoms with Gasteiger partial charge in [0.1, 0.15) is 5.75 Å². The smallest absolute Gasteiger partial charge is 0.234 e. The molecule has 3 aromatic rings. The summed E-state index contributed by atoms with van der Waals surface area (Å²) in [5.41, 5.74) is 3.42. The summed E-state index contributed by atoms with van der Waals surface area (Å²) in [6.45, 7) is 14.6.